The first-order valence-electron chi connectivity index (χ1n) is 13.1. The molecule has 3 rings (SSSR count). The second-order valence-corrected chi connectivity index (χ2v) is 12.3. The molecule has 0 aliphatic carbocycles. The molecular formula is C29H34Cl2N4O3Si. The van der Waals surface area contributed by atoms with Crippen molar-refractivity contribution in [2.45, 2.75) is 46.2 Å². The van der Waals surface area contributed by atoms with E-state index < -0.39 is 8.80 Å². The van der Waals surface area contributed by atoms with Crippen molar-refractivity contribution in [1.82, 2.24) is 0 Å². The van der Waals surface area contributed by atoms with E-state index in [1.165, 1.54) is 0 Å². The lowest BCUT2D eigenvalue weighted by Gasteiger charge is -2.28. The van der Waals surface area contributed by atoms with Gasteiger partial charge < -0.3 is 23.9 Å². The topological polar surface area (TPSA) is 99.3 Å². The number of hydrogen-bond donors (Lipinski definition) is 2. The van der Waals surface area contributed by atoms with E-state index in [2.05, 4.69) is 41.0 Å². The molecular weight excluding hydrogens is 551 g/mol. The molecule has 3 aromatic rings. The monoisotopic (exact) mass is 584 g/mol. The Kier molecular flexibility index (Phi) is 11.4. The molecule has 7 nitrogen and oxygen atoms in total. The van der Waals surface area contributed by atoms with Gasteiger partial charge in [-0.1, -0.05) is 65.7 Å². The highest BCUT2D eigenvalue weighted by Crippen LogP contribution is 2.43. The summed E-state index contributed by atoms with van der Waals surface area (Å²) in [6, 6.07) is 18.8. The van der Waals surface area contributed by atoms with Crippen LogP contribution in [0.15, 0.2) is 42.5 Å². The third-order valence-electron chi connectivity index (χ3n) is 6.31. The van der Waals surface area contributed by atoms with Crippen LogP contribution in [0.3, 0.4) is 0 Å². The SMILES string of the molecule is CCO[Si](CCCNc1c(Cl)c(N[C@H](C)c2cccc3ccccc23)c(C#N)c(Cl)c1C#N)(OCC)OCC. The molecule has 0 spiro atoms. The maximum absolute atomic E-state index is 9.94. The van der Waals surface area contributed by atoms with Crippen LogP contribution in [-0.2, 0) is 13.3 Å². The lowest BCUT2D eigenvalue weighted by molar-refractivity contribution is 0.0710. The number of nitrogens with zero attached hydrogens (tertiary/aromatic N) is 2. The minimum absolute atomic E-state index is 0.0567. The van der Waals surface area contributed by atoms with Crippen LogP contribution in [0.4, 0.5) is 11.4 Å². The van der Waals surface area contributed by atoms with Crippen LogP contribution in [0.25, 0.3) is 10.8 Å². The van der Waals surface area contributed by atoms with Crippen LogP contribution in [-0.4, -0.2) is 35.2 Å². The van der Waals surface area contributed by atoms with Gasteiger partial charge in [-0.3, -0.25) is 0 Å². The number of nitriles is 2. The molecule has 206 valence electrons. The normalized spacial score (nSPS) is 12.1. The van der Waals surface area contributed by atoms with Gasteiger partial charge in [0.2, 0.25) is 0 Å². The summed E-state index contributed by atoms with van der Waals surface area (Å²) in [6.45, 7) is 9.73. The minimum Gasteiger partial charge on any atom is -0.383 e. The van der Waals surface area contributed by atoms with Gasteiger partial charge in [-0.05, 0) is 50.5 Å². The Bertz CT molecular complexity index is 1350. The van der Waals surface area contributed by atoms with Gasteiger partial charge in [0.25, 0.3) is 0 Å². The molecule has 0 aromatic heterocycles. The zero-order chi connectivity index (χ0) is 28.4. The first-order valence-corrected chi connectivity index (χ1v) is 15.8. The van der Waals surface area contributed by atoms with Gasteiger partial charge in [0.05, 0.1) is 32.5 Å². The summed E-state index contributed by atoms with van der Waals surface area (Å²) >= 11 is 13.5. The zero-order valence-corrected chi connectivity index (χ0v) is 25.2. The van der Waals surface area contributed by atoms with E-state index in [4.69, 9.17) is 36.5 Å². The van der Waals surface area contributed by atoms with Gasteiger partial charge in [-0.2, -0.15) is 10.5 Å². The summed E-state index contributed by atoms with van der Waals surface area (Å²) in [4.78, 5) is 0. The molecule has 0 aliphatic rings. The Morgan fingerprint density at radius 3 is 2.05 bits per heavy atom. The third-order valence-corrected chi connectivity index (χ3v) is 10.2. The Balaban J connectivity index is 1.90. The number of fused-ring (bicyclic) bond motifs is 1. The summed E-state index contributed by atoms with van der Waals surface area (Å²) < 4.78 is 17.8. The summed E-state index contributed by atoms with van der Waals surface area (Å²) in [6.07, 6.45) is 0.653. The van der Waals surface area contributed by atoms with Crippen molar-refractivity contribution in [2.24, 2.45) is 0 Å². The van der Waals surface area contributed by atoms with Gasteiger partial charge in [0, 0.05) is 38.5 Å². The van der Waals surface area contributed by atoms with Crippen molar-refractivity contribution in [2.75, 3.05) is 37.0 Å². The van der Waals surface area contributed by atoms with Crippen molar-refractivity contribution >= 4 is 54.2 Å². The molecule has 0 radical (unpaired) electrons. The fourth-order valence-electron chi connectivity index (χ4n) is 4.64. The van der Waals surface area contributed by atoms with Crippen LogP contribution < -0.4 is 10.6 Å². The molecule has 0 unspecified atom stereocenters. The van der Waals surface area contributed by atoms with E-state index >= 15 is 0 Å². The summed E-state index contributed by atoms with van der Waals surface area (Å²) in [5.74, 6) is 0. The van der Waals surface area contributed by atoms with E-state index in [-0.39, 0.29) is 27.2 Å². The highest BCUT2D eigenvalue weighted by atomic mass is 35.5. The summed E-state index contributed by atoms with van der Waals surface area (Å²) in [5, 5.41) is 29.0. The number of benzene rings is 3. The second kappa shape index (κ2) is 14.5. The Hall–Kier alpha value is -2.82. The predicted molar refractivity (Wildman–Crippen MR) is 160 cm³/mol. The van der Waals surface area contributed by atoms with Crippen LogP contribution in [0.2, 0.25) is 16.1 Å². The number of halogens is 2. The molecule has 39 heavy (non-hydrogen) atoms. The Morgan fingerprint density at radius 1 is 0.846 bits per heavy atom. The van der Waals surface area contributed by atoms with E-state index in [1.807, 2.05) is 52.0 Å². The van der Waals surface area contributed by atoms with Gasteiger partial charge in [0.15, 0.2) is 0 Å². The van der Waals surface area contributed by atoms with Gasteiger partial charge in [-0.15, -0.1) is 0 Å². The first-order chi connectivity index (χ1) is 18.9. The maximum atomic E-state index is 9.94. The lowest BCUT2D eigenvalue weighted by atomic mass is 9.98. The van der Waals surface area contributed by atoms with Gasteiger partial charge >= 0.3 is 8.80 Å². The molecule has 10 heteroatoms. The van der Waals surface area contributed by atoms with Crippen molar-refractivity contribution in [3.8, 4) is 12.1 Å². The van der Waals surface area contributed by atoms with Crippen LogP contribution in [0, 0.1) is 22.7 Å². The third kappa shape index (κ3) is 7.04. The second-order valence-electron chi connectivity index (χ2n) is 8.80. The van der Waals surface area contributed by atoms with Gasteiger partial charge in [-0.25, -0.2) is 0 Å². The van der Waals surface area contributed by atoms with Crippen LogP contribution in [0.1, 0.15) is 56.8 Å². The average Bonchev–Trinajstić information content (AvgIpc) is 2.93. The molecule has 0 heterocycles. The van der Waals surface area contributed by atoms with E-state index in [0.717, 1.165) is 16.3 Å². The van der Waals surface area contributed by atoms with Crippen molar-refractivity contribution < 1.29 is 13.3 Å². The largest absolute Gasteiger partial charge is 0.500 e. The van der Waals surface area contributed by atoms with Crippen molar-refractivity contribution in [1.29, 1.82) is 10.5 Å². The molecule has 0 saturated carbocycles. The van der Waals surface area contributed by atoms with Crippen molar-refractivity contribution in [3.05, 3.63) is 69.2 Å². The molecule has 3 aromatic carbocycles. The van der Waals surface area contributed by atoms with Gasteiger partial charge in [0.1, 0.15) is 12.1 Å². The highest BCUT2D eigenvalue weighted by molar-refractivity contribution is 6.60. The molecule has 1 atom stereocenters. The fraction of sp³-hybridized carbons (Fsp3) is 0.379. The summed E-state index contributed by atoms with van der Waals surface area (Å²) in [7, 11) is -2.81. The number of rotatable bonds is 14. The fourth-order valence-corrected chi connectivity index (χ4v) is 7.84. The molecule has 0 fully saturated rings. The van der Waals surface area contributed by atoms with Crippen LogP contribution in [0.5, 0.6) is 0 Å². The standard InChI is InChI=1S/C29H34Cl2N4O3Si/c1-5-36-39(37-6-2,38-7-3)17-11-16-34-28-24(18-32)26(30)25(19-33)29(27(28)31)35-20(4)22-15-10-13-21-12-8-9-14-23(21)22/h8-10,12-15,20,34-35H,5-7,11,16-17H2,1-4H3/t20-/m1/s1. The molecule has 0 bridgehead atoms. The first kappa shape index (κ1) is 30.7. The average molecular weight is 586 g/mol. The highest BCUT2D eigenvalue weighted by Gasteiger charge is 2.39. The Morgan fingerprint density at radius 2 is 1.44 bits per heavy atom. The smallest absolute Gasteiger partial charge is 0.383 e. The quantitative estimate of drug-likeness (QED) is 0.146. The number of hydrogen-bond acceptors (Lipinski definition) is 7. The minimum atomic E-state index is -2.81. The van der Waals surface area contributed by atoms with E-state index in [1.54, 1.807) is 0 Å². The molecule has 0 amide bonds. The molecule has 0 aliphatic heterocycles. The maximum Gasteiger partial charge on any atom is 0.500 e. The number of anilines is 2. The number of nitrogens with one attached hydrogen (secondary N) is 2. The molecule has 2 N–H and O–H groups in total. The van der Waals surface area contributed by atoms with Crippen molar-refractivity contribution in [3.63, 3.8) is 0 Å². The van der Waals surface area contributed by atoms with Crippen LogP contribution >= 0.6 is 23.2 Å². The predicted octanol–water partition coefficient (Wildman–Crippen LogP) is 7.91. The Labute approximate surface area is 241 Å². The lowest BCUT2D eigenvalue weighted by Crippen LogP contribution is -2.46. The van der Waals surface area contributed by atoms with E-state index in [0.29, 0.717) is 50.2 Å². The zero-order valence-electron chi connectivity index (χ0n) is 22.7. The van der Waals surface area contributed by atoms with E-state index in [9.17, 15) is 10.5 Å². The molecule has 0 saturated heterocycles. The summed E-state index contributed by atoms with van der Waals surface area (Å²) in [5.41, 5.74) is 2.07.